The molecule has 3 heterocycles. The number of phosphoric ester groups is 1. The van der Waals surface area contributed by atoms with Gasteiger partial charge in [-0.1, -0.05) is 23.4 Å². The van der Waals surface area contributed by atoms with Crippen molar-refractivity contribution in [1.29, 1.82) is 0 Å². The van der Waals surface area contributed by atoms with Gasteiger partial charge in [0.05, 0.1) is 17.6 Å². The van der Waals surface area contributed by atoms with Crippen LogP contribution in [-0.4, -0.2) is 15.0 Å². The molecule has 3 N–H and O–H groups in total. The summed E-state index contributed by atoms with van der Waals surface area (Å²) in [6.45, 7) is -0.0757. The first-order chi connectivity index (χ1) is 15.9. The third-order valence-corrected chi connectivity index (χ3v) is 5.16. The minimum absolute atomic E-state index is 0.197. The van der Waals surface area contributed by atoms with Crippen LogP contribution in [-0.2, 0) is 28.8 Å². The zero-order valence-electron chi connectivity index (χ0n) is 17.4. The second-order valence-electron chi connectivity index (χ2n) is 7.12. The second-order valence-corrected chi connectivity index (χ2v) is 8.31. The van der Waals surface area contributed by atoms with Crippen LogP contribution in [0.5, 0.6) is 5.75 Å². The first kappa shape index (κ1) is 22.6. The number of anilines is 1. The van der Waals surface area contributed by atoms with Crippen LogP contribution in [0, 0.1) is 0 Å². The number of ether oxygens (including phenoxy) is 1. The summed E-state index contributed by atoms with van der Waals surface area (Å²) < 4.78 is 27.7. The number of nitrogen functional groups attached to an aromatic ring is 1. The molecule has 0 bridgehead atoms. The molecular formula is C22H21N4O6P. The first-order valence-corrected chi connectivity index (χ1v) is 11.4. The van der Waals surface area contributed by atoms with Gasteiger partial charge in [0, 0.05) is 18.7 Å². The zero-order chi connectivity index (χ0) is 23.3. The molecule has 0 aliphatic heterocycles. The second kappa shape index (κ2) is 9.93. The summed E-state index contributed by atoms with van der Waals surface area (Å²) in [6, 6.07) is 18.4. The lowest BCUT2D eigenvalue weighted by molar-refractivity contribution is -0.712. The number of aromatic nitrogens is 3. The first-order valence-electron chi connectivity index (χ1n) is 9.91. The van der Waals surface area contributed by atoms with Crippen LogP contribution in [0.1, 0.15) is 17.0 Å². The molecule has 0 amide bonds. The van der Waals surface area contributed by atoms with Gasteiger partial charge >= 0.3 is 0 Å². The van der Waals surface area contributed by atoms with Crippen LogP contribution >= 0.6 is 7.82 Å². The summed E-state index contributed by atoms with van der Waals surface area (Å²) >= 11 is 0. The number of rotatable bonds is 9. The summed E-state index contributed by atoms with van der Waals surface area (Å²) in [5.41, 5.74) is 9.16. The van der Waals surface area contributed by atoms with Crippen molar-refractivity contribution in [2.45, 2.75) is 19.8 Å². The van der Waals surface area contributed by atoms with Crippen molar-refractivity contribution < 1.29 is 32.7 Å². The molecular weight excluding hydrogens is 447 g/mol. The largest absolute Gasteiger partial charge is 0.756 e. The van der Waals surface area contributed by atoms with Crippen LogP contribution in [0.15, 0.2) is 77.6 Å². The number of benzene rings is 1. The highest BCUT2D eigenvalue weighted by Gasteiger charge is 2.18. The number of nitrogens with zero attached hydrogens (tertiary/aromatic N) is 3. The van der Waals surface area contributed by atoms with E-state index >= 15 is 0 Å². The van der Waals surface area contributed by atoms with E-state index in [4.69, 9.17) is 19.9 Å². The van der Waals surface area contributed by atoms with Crippen molar-refractivity contribution in [3.63, 3.8) is 0 Å². The van der Waals surface area contributed by atoms with E-state index in [2.05, 4.69) is 14.7 Å². The molecule has 33 heavy (non-hydrogen) atoms. The number of hydrogen-bond acceptors (Lipinski definition) is 8. The van der Waals surface area contributed by atoms with Gasteiger partial charge in [-0.05, 0) is 42.0 Å². The van der Waals surface area contributed by atoms with Crippen molar-refractivity contribution in [2.24, 2.45) is 0 Å². The Bertz CT molecular complexity index is 1260. The molecule has 170 valence electrons. The summed E-state index contributed by atoms with van der Waals surface area (Å²) in [5, 5.41) is 4.10. The van der Waals surface area contributed by atoms with Crippen LogP contribution in [0.25, 0.3) is 11.3 Å². The highest BCUT2D eigenvalue weighted by Crippen LogP contribution is 2.30. The van der Waals surface area contributed by atoms with Crippen LogP contribution in [0.2, 0.25) is 0 Å². The minimum atomic E-state index is -4.87. The maximum Gasteiger partial charge on any atom is 0.285 e. The van der Waals surface area contributed by atoms with E-state index in [-0.39, 0.29) is 5.82 Å². The topological polar surface area (TPSA) is 148 Å². The van der Waals surface area contributed by atoms with Crippen molar-refractivity contribution in [1.82, 2.24) is 10.1 Å². The summed E-state index contributed by atoms with van der Waals surface area (Å²) in [6.07, 6.45) is 3.77. The Morgan fingerprint density at radius 1 is 1.12 bits per heavy atom. The van der Waals surface area contributed by atoms with Crippen molar-refractivity contribution in [3.8, 4) is 17.1 Å². The van der Waals surface area contributed by atoms with E-state index in [1.165, 1.54) is 10.8 Å². The van der Waals surface area contributed by atoms with Gasteiger partial charge in [0.1, 0.15) is 17.9 Å². The molecule has 1 aromatic carbocycles. The number of nitrogens with two attached hydrogens (primary N) is 1. The Morgan fingerprint density at radius 2 is 1.94 bits per heavy atom. The van der Waals surface area contributed by atoms with Crippen molar-refractivity contribution >= 4 is 13.6 Å². The molecule has 0 aliphatic carbocycles. The average molecular weight is 468 g/mol. The quantitative estimate of drug-likeness (QED) is 0.279. The molecule has 0 radical (unpaired) electrons. The van der Waals surface area contributed by atoms with E-state index in [0.29, 0.717) is 30.0 Å². The predicted molar refractivity (Wildman–Crippen MR) is 115 cm³/mol. The van der Waals surface area contributed by atoms with Crippen LogP contribution in [0.4, 0.5) is 5.82 Å². The van der Waals surface area contributed by atoms with Crippen molar-refractivity contribution in [2.75, 3.05) is 5.73 Å². The summed E-state index contributed by atoms with van der Waals surface area (Å²) in [4.78, 5) is 23.8. The van der Waals surface area contributed by atoms with Gasteiger partial charge in [-0.15, -0.1) is 0 Å². The molecule has 3 aromatic heterocycles. The number of hydrogen-bond donors (Lipinski definition) is 2. The fourth-order valence-corrected chi connectivity index (χ4v) is 3.37. The van der Waals surface area contributed by atoms with Gasteiger partial charge in [0.25, 0.3) is 13.6 Å². The van der Waals surface area contributed by atoms with E-state index < -0.39 is 14.6 Å². The number of pyridine rings is 2. The van der Waals surface area contributed by atoms with Gasteiger partial charge in [-0.25, -0.2) is 4.57 Å². The molecule has 10 nitrogen and oxygen atoms in total. The van der Waals surface area contributed by atoms with Gasteiger partial charge in [-0.3, -0.25) is 19.8 Å². The predicted octanol–water partition coefficient (Wildman–Crippen LogP) is 2.21. The van der Waals surface area contributed by atoms with Gasteiger partial charge in [0.2, 0.25) is 0 Å². The summed E-state index contributed by atoms with van der Waals surface area (Å²) in [7, 11) is -4.87. The third kappa shape index (κ3) is 6.24. The fourth-order valence-electron chi connectivity index (χ4n) is 3.10. The van der Waals surface area contributed by atoms with E-state index in [0.717, 1.165) is 17.0 Å². The Hall–Kier alpha value is -3.56. The normalized spacial score (nSPS) is 12.9. The standard InChI is InChI=1S/C22H21N4O6P/c23-22-20(5-3-11-26(22)15-31-33(27,28)29)21-13-18(25-32-21)12-16-6-8-19(9-7-16)30-14-17-4-1-2-10-24-17/h1-11,13,23H,12,14-15H2,(H2,27,28,29). The fraction of sp³-hybridized carbons (Fsp3) is 0.136. The lowest BCUT2D eigenvalue weighted by Gasteiger charge is -2.14. The van der Waals surface area contributed by atoms with Gasteiger partial charge in [-0.2, -0.15) is 0 Å². The minimum Gasteiger partial charge on any atom is -0.756 e. The maximum absolute atomic E-state index is 10.8. The monoisotopic (exact) mass is 468 g/mol. The molecule has 0 saturated carbocycles. The summed E-state index contributed by atoms with van der Waals surface area (Å²) in [5.74, 6) is 1.35. The lowest BCUT2D eigenvalue weighted by atomic mass is 10.1. The molecule has 0 saturated heterocycles. The number of phosphoric acid groups is 1. The third-order valence-electron chi connectivity index (χ3n) is 4.72. The van der Waals surface area contributed by atoms with E-state index in [1.54, 1.807) is 24.4 Å². The van der Waals surface area contributed by atoms with Crippen molar-refractivity contribution in [3.05, 3.63) is 90.0 Å². The SMILES string of the molecule is Nc1c(-c2cc(Cc3ccc(OCc4ccccn4)cc3)no2)ccc[n+]1COP(=O)([O-])O. The van der Waals surface area contributed by atoms with Gasteiger partial charge < -0.3 is 19.0 Å². The van der Waals surface area contributed by atoms with Gasteiger partial charge in [0.15, 0.2) is 12.5 Å². The Balaban J connectivity index is 1.40. The molecule has 1 unspecified atom stereocenters. The highest BCUT2D eigenvalue weighted by molar-refractivity contribution is 7.44. The zero-order valence-corrected chi connectivity index (χ0v) is 18.3. The van der Waals surface area contributed by atoms with Crippen LogP contribution in [0.3, 0.4) is 0 Å². The average Bonchev–Trinajstić information content (AvgIpc) is 3.26. The smallest absolute Gasteiger partial charge is 0.285 e. The highest BCUT2D eigenvalue weighted by atomic mass is 31.2. The molecule has 0 fully saturated rings. The molecule has 4 aromatic rings. The lowest BCUT2D eigenvalue weighted by Crippen LogP contribution is -2.38. The molecule has 1 atom stereocenters. The Labute approximate surface area is 189 Å². The Kier molecular flexibility index (Phi) is 6.81. The maximum atomic E-state index is 10.8. The molecule has 0 spiro atoms. The molecule has 11 heteroatoms. The van der Waals surface area contributed by atoms with Crippen LogP contribution < -0.4 is 19.9 Å². The molecule has 0 aliphatic rings. The Morgan fingerprint density at radius 3 is 2.67 bits per heavy atom. The molecule has 4 rings (SSSR count). The van der Waals surface area contributed by atoms with E-state index in [9.17, 15) is 9.46 Å². The van der Waals surface area contributed by atoms with E-state index in [1.807, 2.05) is 42.5 Å².